The normalized spacial score (nSPS) is 12.6. The van der Waals surface area contributed by atoms with E-state index in [0.717, 1.165) is 29.9 Å². The van der Waals surface area contributed by atoms with Crippen molar-refractivity contribution < 1.29 is 9.84 Å². The molecule has 3 nitrogen and oxygen atoms in total. The fourth-order valence-electron chi connectivity index (χ4n) is 2.17. The van der Waals surface area contributed by atoms with E-state index in [2.05, 4.69) is 6.07 Å². The summed E-state index contributed by atoms with van der Waals surface area (Å²) in [5.74, 6) is 0.962. The van der Waals surface area contributed by atoms with Crippen LogP contribution in [-0.4, -0.2) is 11.7 Å². The van der Waals surface area contributed by atoms with E-state index in [1.54, 1.807) is 12.1 Å². The average Bonchev–Trinajstić information content (AvgIpc) is 2.86. The van der Waals surface area contributed by atoms with E-state index in [4.69, 9.17) is 10.00 Å². The number of phenolic OH excluding ortho intramolecular Hbond substituents is 1. The summed E-state index contributed by atoms with van der Waals surface area (Å²) < 4.78 is 5.46. The summed E-state index contributed by atoms with van der Waals surface area (Å²) in [6.45, 7) is 0.734. The molecule has 0 aromatic heterocycles. The molecule has 1 aliphatic heterocycles. The van der Waals surface area contributed by atoms with E-state index in [1.165, 1.54) is 5.56 Å². The van der Waals surface area contributed by atoms with Gasteiger partial charge in [0.2, 0.25) is 0 Å². The zero-order valence-corrected chi connectivity index (χ0v) is 9.68. The summed E-state index contributed by atoms with van der Waals surface area (Å²) in [6.07, 6.45) is 0.923. The largest absolute Gasteiger partial charge is 0.507 e. The Hall–Kier alpha value is -2.47. The molecule has 0 amide bonds. The number of fused-ring (bicyclic) bond motifs is 1. The topological polar surface area (TPSA) is 53.2 Å². The van der Waals surface area contributed by atoms with Crippen molar-refractivity contribution in [3.8, 4) is 28.7 Å². The number of phenols is 1. The smallest absolute Gasteiger partial charge is 0.133 e. The van der Waals surface area contributed by atoms with Gasteiger partial charge in [0, 0.05) is 6.42 Å². The molecule has 3 heteroatoms. The van der Waals surface area contributed by atoms with E-state index in [-0.39, 0.29) is 5.75 Å². The number of hydrogen-bond acceptors (Lipinski definition) is 3. The van der Waals surface area contributed by atoms with Gasteiger partial charge in [0.1, 0.15) is 17.6 Å². The summed E-state index contributed by atoms with van der Waals surface area (Å²) in [5.41, 5.74) is 3.46. The van der Waals surface area contributed by atoms with Crippen LogP contribution in [0.4, 0.5) is 0 Å². The molecule has 0 unspecified atom stereocenters. The van der Waals surface area contributed by atoms with Crippen LogP contribution < -0.4 is 4.74 Å². The van der Waals surface area contributed by atoms with E-state index in [9.17, 15) is 5.11 Å². The highest BCUT2D eigenvalue weighted by Crippen LogP contribution is 2.32. The van der Waals surface area contributed by atoms with Gasteiger partial charge in [0.15, 0.2) is 0 Å². The van der Waals surface area contributed by atoms with E-state index < -0.39 is 0 Å². The van der Waals surface area contributed by atoms with Crippen molar-refractivity contribution >= 4 is 0 Å². The summed E-state index contributed by atoms with van der Waals surface area (Å²) in [6, 6.07) is 13.1. The maximum Gasteiger partial charge on any atom is 0.133 e. The molecular weight excluding hydrogens is 226 g/mol. The maximum absolute atomic E-state index is 9.49. The molecule has 0 spiro atoms. The Labute approximate surface area is 105 Å². The molecule has 1 N–H and O–H groups in total. The highest BCUT2D eigenvalue weighted by atomic mass is 16.5. The molecule has 18 heavy (non-hydrogen) atoms. The Kier molecular flexibility index (Phi) is 2.42. The summed E-state index contributed by atoms with van der Waals surface area (Å²) in [5, 5.41) is 18.4. The van der Waals surface area contributed by atoms with Crippen LogP contribution in [0.3, 0.4) is 0 Å². The van der Waals surface area contributed by atoms with Crippen molar-refractivity contribution in [2.24, 2.45) is 0 Å². The molecule has 88 valence electrons. The fourth-order valence-corrected chi connectivity index (χ4v) is 2.17. The Morgan fingerprint density at radius 1 is 1.11 bits per heavy atom. The van der Waals surface area contributed by atoms with Crippen molar-refractivity contribution in [2.45, 2.75) is 6.42 Å². The van der Waals surface area contributed by atoms with Gasteiger partial charge in [-0.3, -0.25) is 0 Å². The Balaban J connectivity index is 2.08. The lowest BCUT2D eigenvalue weighted by atomic mass is 10.00. The summed E-state index contributed by atoms with van der Waals surface area (Å²) in [7, 11) is 0. The van der Waals surface area contributed by atoms with Gasteiger partial charge in [-0.25, -0.2) is 0 Å². The third kappa shape index (κ3) is 1.68. The lowest BCUT2D eigenvalue weighted by molar-refractivity contribution is 0.357. The molecule has 0 atom stereocenters. The van der Waals surface area contributed by atoms with E-state index in [1.807, 2.05) is 24.3 Å². The van der Waals surface area contributed by atoms with Gasteiger partial charge in [-0.05, 0) is 41.0 Å². The Morgan fingerprint density at radius 2 is 1.89 bits per heavy atom. The zero-order valence-electron chi connectivity index (χ0n) is 9.68. The molecule has 2 aromatic carbocycles. The Bertz CT molecular complexity index is 656. The molecule has 0 radical (unpaired) electrons. The van der Waals surface area contributed by atoms with Gasteiger partial charge in [0.25, 0.3) is 0 Å². The van der Waals surface area contributed by atoms with Crippen LogP contribution in [0.15, 0.2) is 36.4 Å². The number of aromatic hydroxyl groups is 1. The van der Waals surface area contributed by atoms with Crippen molar-refractivity contribution in [1.29, 1.82) is 5.26 Å². The predicted octanol–water partition coefficient (Wildman–Crippen LogP) is 2.87. The van der Waals surface area contributed by atoms with Crippen LogP contribution in [-0.2, 0) is 6.42 Å². The second-order valence-corrected chi connectivity index (χ2v) is 4.26. The quantitative estimate of drug-likeness (QED) is 0.829. The number of ether oxygens (including phenoxy) is 1. The molecule has 1 aliphatic rings. The molecule has 0 fully saturated rings. The van der Waals surface area contributed by atoms with Crippen molar-refractivity contribution in [3.05, 3.63) is 47.5 Å². The maximum atomic E-state index is 9.49. The molecule has 0 saturated heterocycles. The van der Waals surface area contributed by atoms with Gasteiger partial charge in [0.05, 0.1) is 12.2 Å². The molecule has 0 bridgehead atoms. The first-order chi connectivity index (χ1) is 8.78. The number of benzene rings is 2. The first kappa shape index (κ1) is 10.7. The molecular formula is C15H11NO2. The lowest BCUT2D eigenvalue weighted by Gasteiger charge is -2.05. The predicted molar refractivity (Wildman–Crippen MR) is 67.5 cm³/mol. The first-order valence-electron chi connectivity index (χ1n) is 5.77. The molecule has 0 aliphatic carbocycles. The monoisotopic (exact) mass is 237 g/mol. The van der Waals surface area contributed by atoms with Gasteiger partial charge < -0.3 is 9.84 Å². The molecule has 2 aromatic rings. The number of nitriles is 1. The number of rotatable bonds is 1. The van der Waals surface area contributed by atoms with Gasteiger partial charge in [-0.2, -0.15) is 5.26 Å². The highest BCUT2D eigenvalue weighted by molar-refractivity contribution is 5.69. The summed E-state index contributed by atoms with van der Waals surface area (Å²) in [4.78, 5) is 0. The van der Waals surface area contributed by atoms with Crippen molar-refractivity contribution in [3.63, 3.8) is 0 Å². The minimum Gasteiger partial charge on any atom is -0.507 e. The van der Waals surface area contributed by atoms with Crippen molar-refractivity contribution in [2.75, 3.05) is 6.61 Å². The third-order valence-electron chi connectivity index (χ3n) is 3.14. The molecule has 1 heterocycles. The first-order valence-corrected chi connectivity index (χ1v) is 5.77. The van der Waals surface area contributed by atoms with Gasteiger partial charge in [-0.1, -0.05) is 12.1 Å². The van der Waals surface area contributed by atoms with Crippen LogP contribution in [0.25, 0.3) is 11.1 Å². The van der Waals surface area contributed by atoms with Crippen LogP contribution in [0, 0.1) is 11.3 Å². The van der Waals surface area contributed by atoms with E-state index >= 15 is 0 Å². The molecule has 3 rings (SSSR count). The van der Waals surface area contributed by atoms with Crippen LogP contribution in [0.5, 0.6) is 11.5 Å². The van der Waals surface area contributed by atoms with E-state index in [0.29, 0.717) is 5.56 Å². The van der Waals surface area contributed by atoms with Gasteiger partial charge in [-0.15, -0.1) is 0 Å². The minimum atomic E-state index is 0.0192. The zero-order chi connectivity index (χ0) is 12.5. The number of hydrogen-bond donors (Lipinski definition) is 1. The number of nitrogens with zero attached hydrogens (tertiary/aromatic N) is 1. The second-order valence-electron chi connectivity index (χ2n) is 4.26. The minimum absolute atomic E-state index is 0.0192. The van der Waals surface area contributed by atoms with Crippen LogP contribution >= 0.6 is 0 Å². The SMILES string of the molecule is N#Cc1cc(-c2ccc3c(c2)CCO3)ccc1O. The highest BCUT2D eigenvalue weighted by Gasteiger charge is 2.13. The standard InChI is InChI=1S/C15H11NO2/c16-9-13-8-10(1-3-14(13)17)11-2-4-15-12(7-11)5-6-18-15/h1-4,7-8,17H,5-6H2. The average molecular weight is 237 g/mol. The van der Waals surface area contributed by atoms with Gasteiger partial charge >= 0.3 is 0 Å². The Morgan fingerprint density at radius 3 is 2.72 bits per heavy atom. The van der Waals surface area contributed by atoms with Crippen LogP contribution in [0.1, 0.15) is 11.1 Å². The summed E-state index contributed by atoms with van der Waals surface area (Å²) >= 11 is 0. The fraction of sp³-hybridized carbons (Fsp3) is 0.133. The molecule has 0 saturated carbocycles. The van der Waals surface area contributed by atoms with Crippen LogP contribution in [0.2, 0.25) is 0 Å². The van der Waals surface area contributed by atoms with Crippen molar-refractivity contribution in [1.82, 2.24) is 0 Å². The third-order valence-corrected chi connectivity index (χ3v) is 3.14. The lowest BCUT2D eigenvalue weighted by Crippen LogP contribution is -1.85. The second kappa shape index (κ2) is 4.08.